The summed E-state index contributed by atoms with van der Waals surface area (Å²) in [4.78, 5) is 15.1. The molecule has 2 aromatic heterocycles. The SMILES string of the molecule is Cc1nc(-c2cn(C3CC(C=O)C3)nc2C2CC2)ccc1F. The van der Waals surface area contributed by atoms with Crippen LogP contribution < -0.4 is 0 Å². The van der Waals surface area contributed by atoms with Crippen molar-refractivity contribution in [2.75, 3.05) is 0 Å². The second-order valence-electron chi connectivity index (χ2n) is 6.47. The van der Waals surface area contributed by atoms with Gasteiger partial charge in [-0.05, 0) is 44.7 Å². The van der Waals surface area contributed by atoms with Crippen molar-refractivity contribution < 1.29 is 9.18 Å². The molecular formula is C17H18FN3O. The number of halogens is 1. The summed E-state index contributed by atoms with van der Waals surface area (Å²) in [5, 5.41) is 4.76. The predicted molar refractivity (Wildman–Crippen MR) is 80.0 cm³/mol. The number of aromatic nitrogens is 3. The minimum atomic E-state index is -0.281. The molecule has 2 aliphatic carbocycles. The Labute approximate surface area is 128 Å². The quantitative estimate of drug-likeness (QED) is 0.813. The summed E-state index contributed by atoms with van der Waals surface area (Å²) in [5.41, 5.74) is 3.29. The molecular weight excluding hydrogens is 281 g/mol. The molecule has 0 aromatic carbocycles. The highest BCUT2D eigenvalue weighted by atomic mass is 19.1. The van der Waals surface area contributed by atoms with Gasteiger partial charge in [0.15, 0.2) is 0 Å². The summed E-state index contributed by atoms with van der Waals surface area (Å²) >= 11 is 0. The van der Waals surface area contributed by atoms with Crippen LogP contribution in [-0.2, 0) is 4.79 Å². The number of carbonyl (C=O) groups is 1. The van der Waals surface area contributed by atoms with Gasteiger partial charge in [0, 0.05) is 23.6 Å². The Bertz CT molecular complexity index is 730. The van der Waals surface area contributed by atoms with E-state index in [-0.39, 0.29) is 11.7 Å². The zero-order valence-corrected chi connectivity index (χ0v) is 12.5. The molecule has 114 valence electrons. The van der Waals surface area contributed by atoms with E-state index in [0.29, 0.717) is 17.7 Å². The molecule has 2 heterocycles. The maximum absolute atomic E-state index is 13.4. The number of rotatable bonds is 4. The van der Waals surface area contributed by atoms with Crippen LogP contribution in [-0.4, -0.2) is 21.1 Å². The monoisotopic (exact) mass is 299 g/mol. The number of nitrogens with zero attached hydrogens (tertiary/aromatic N) is 3. The van der Waals surface area contributed by atoms with Crippen LogP contribution in [0.4, 0.5) is 4.39 Å². The van der Waals surface area contributed by atoms with Crippen molar-refractivity contribution in [1.82, 2.24) is 14.8 Å². The van der Waals surface area contributed by atoms with E-state index in [9.17, 15) is 9.18 Å². The van der Waals surface area contributed by atoms with Crippen molar-refractivity contribution in [2.24, 2.45) is 5.92 Å². The first-order chi connectivity index (χ1) is 10.7. The molecule has 0 saturated heterocycles. The summed E-state index contributed by atoms with van der Waals surface area (Å²) < 4.78 is 15.4. The van der Waals surface area contributed by atoms with Gasteiger partial charge < -0.3 is 4.79 Å². The van der Waals surface area contributed by atoms with Crippen molar-refractivity contribution in [3.63, 3.8) is 0 Å². The Morgan fingerprint density at radius 1 is 1.32 bits per heavy atom. The third-order valence-electron chi connectivity index (χ3n) is 4.74. The van der Waals surface area contributed by atoms with Gasteiger partial charge in [-0.25, -0.2) is 9.37 Å². The van der Waals surface area contributed by atoms with E-state index >= 15 is 0 Å². The Hall–Kier alpha value is -2.04. The van der Waals surface area contributed by atoms with Crippen LogP contribution in [0.15, 0.2) is 18.3 Å². The molecule has 0 radical (unpaired) electrons. The van der Waals surface area contributed by atoms with Gasteiger partial charge in [0.1, 0.15) is 12.1 Å². The summed E-state index contributed by atoms with van der Waals surface area (Å²) in [6.45, 7) is 1.68. The smallest absolute Gasteiger partial charge is 0.144 e. The molecule has 2 aromatic rings. The molecule has 2 saturated carbocycles. The van der Waals surface area contributed by atoms with Crippen molar-refractivity contribution in [3.05, 3.63) is 35.5 Å². The number of hydrogen-bond acceptors (Lipinski definition) is 3. The third kappa shape index (κ3) is 2.25. The minimum absolute atomic E-state index is 0.174. The molecule has 22 heavy (non-hydrogen) atoms. The molecule has 0 bridgehead atoms. The van der Waals surface area contributed by atoms with Gasteiger partial charge >= 0.3 is 0 Å². The molecule has 0 unspecified atom stereocenters. The molecule has 0 aliphatic heterocycles. The van der Waals surface area contributed by atoms with E-state index in [1.165, 1.54) is 6.07 Å². The van der Waals surface area contributed by atoms with Gasteiger partial charge in [0.05, 0.1) is 23.1 Å². The van der Waals surface area contributed by atoms with E-state index in [1.54, 1.807) is 13.0 Å². The van der Waals surface area contributed by atoms with Gasteiger partial charge in [0.2, 0.25) is 0 Å². The molecule has 0 N–H and O–H groups in total. The average Bonchev–Trinajstić information content (AvgIpc) is 3.21. The molecule has 0 amide bonds. The molecule has 5 heteroatoms. The summed E-state index contributed by atoms with van der Waals surface area (Å²) in [5.74, 6) is 0.399. The molecule has 0 spiro atoms. The van der Waals surface area contributed by atoms with Crippen LogP contribution in [0.2, 0.25) is 0 Å². The summed E-state index contributed by atoms with van der Waals surface area (Å²) in [6, 6.07) is 3.50. The Kier molecular flexibility index (Phi) is 3.10. The normalized spacial score (nSPS) is 24.1. The van der Waals surface area contributed by atoms with Gasteiger partial charge in [-0.3, -0.25) is 4.68 Å². The lowest BCUT2D eigenvalue weighted by atomic mass is 9.81. The average molecular weight is 299 g/mol. The van der Waals surface area contributed by atoms with Crippen molar-refractivity contribution >= 4 is 6.29 Å². The van der Waals surface area contributed by atoms with Crippen molar-refractivity contribution in [2.45, 2.75) is 44.6 Å². The van der Waals surface area contributed by atoms with Gasteiger partial charge in [-0.2, -0.15) is 5.10 Å². The van der Waals surface area contributed by atoms with E-state index < -0.39 is 0 Å². The van der Waals surface area contributed by atoms with E-state index in [4.69, 9.17) is 5.10 Å². The first-order valence-electron chi connectivity index (χ1n) is 7.83. The number of aryl methyl sites for hydroxylation is 1. The largest absolute Gasteiger partial charge is 0.303 e. The summed E-state index contributed by atoms with van der Waals surface area (Å²) in [6.07, 6.45) is 7.11. The highest BCUT2D eigenvalue weighted by molar-refractivity contribution is 5.63. The molecule has 4 rings (SSSR count). The van der Waals surface area contributed by atoms with Gasteiger partial charge in [-0.15, -0.1) is 0 Å². The highest BCUT2D eigenvalue weighted by Gasteiger charge is 2.35. The van der Waals surface area contributed by atoms with E-state index in [2.05, 4.69) is 4.98 Å². The number of carbonyl (C=O) groups excluding carboxylic acids is 1. The van der Waals surface area contributed by atoms with Gasteiger partial charge in [-0.1, -0.05) is 0 Å². The maximum Gasteiger partial charge on any atom is 0.144 e. The summed E-state index contributed by atoms with van der Waals surface area (Å²) in [7, 11) is 0. The standard InChI is InChI=1S/C17H18FN3O/c1-10-15(18)4-5-16(19-10)14-8-21(13-6-11(7-13)9-22)20-17(14)12-2-3-12/h4-5,8-9,11-13H,2-3,6-7H2,1H3. The Morgan fingerprint density at radius 2 is 2.09 bits per heavy atom. The molecule has 2 fully saturated rings. The fraction of sp³-hybridized carbons (Fsp3) is 0.471. The number of hydrogen-bond donors (Lipinski definition) is 0. The lowest BCUT2D eigenvalue weighted by Crippen LogP contribution is -2.28. The first kappa shape index (κ1) is 13.6. The zero-order valence-electron chi connectivity index (χ0n) is 12.5. The van der Waals surface area contributed by atoms with E-state index in [0.717, 1.165) is 48.9 Å². The third-order valence-corrected chi connectivity index (χ3v) is 4.74. The van der Waals surface area contributed by atoms with Crippen LogP contribution in [0.5, 0.6) is 0 Å². The first-order valence-corrected chi connectivity index (χ1v) is 7.83. The van der Waals surface area contributed by atoms with Crippen molar-refractivity contribution in [3.8, 4) is 11.3 Å². The lowest BCUT2D eigenvalue weighted by Gasteiger charge is -2.31. The van der Waals surface area contributed by atoms with E-state index in [1.807, 2.05) is 10.9 Å². The van der Waals surface area contributed by atoms with Crippen LogP contribution in [0.25, 0.3) is 11.3 Å². The van der Waals surface area contributed by atoms with Gasteiger partial charge in [0.25, 0.3) is 0 Å². The fourth-order valence-electron chi connectivity index (χ4n) is 3.10. The van der Waals surface area contributed by atoms with Crippen molar-refractivity contribution in [1.29, 1.82) is 0 Å². The Morgan fingerprint density at radius 3 is 2.73 bits per heavy atom. The second-order valence-corrected chi connectivity index (χ2v) is 6.47. The molecule has 2 aliphatic rings. The van der Waals surface area contributed by atoms with Crippen LogP contribution in [0.3, 0.4) is 0 Å². The minimum Gasteiger partial charge on any atom is -0.303 e. The second kappa shape index (κ2) is 5.00. The fourth-order valence-corrected chi connectivity index (χ4v) is 3.10. The van der Waals surface area contributed by atoms with Crippen LogP contribution in [0.1, 0.15) is 49.0 Å². The van der Waals surface area contributed by atoms with Crippen LogP contribution in [0, 0.1) is 18.7 Å². The molecule has 0 atom stereocenters. The predicted octanol–water partition coefficient (Wildman–Crippen LogP) is 3.42. The number of aldehydes is 1. The highest BCUT2D eigenvalue weighted by Crippen LogP contribution is 2.45. The lowest BCUT2D eigenvalue weighted by molar-refractivity contribution is -0.114. The Balaban J connectivity index is 1.70. The topological polar surface area (TPSA) is 47.8 Å². The zero-order chi connectivity index (χ0) is 15.3. The van der Waals surface area contributed by atoms with Crippen LogP contribution >= 0.6 is 0 Å². The maximum atomic E-state index is 13.4. The molecule has 4 nitrogen and oxygen atoms in total. The number of pyridine rings is 1.